The first-order chi connectivity index (χ1) is 11.8. The van der Waals surface area contributed by atoms with E-state index in [9.17, 15) is 4.39 Å². The largest absolute Gasteiger partial charge is 0.377 e. The molecule has 3 aromatic rings. The van der Waals surface area contributed by atoms with Crippen LogP contribution in [0.5, 0.6) is 0 Å². The molecule has 0 aliphatic heterocycles. The van der Waals surface area contributed by atoms with Gasteiger partial charge in [-0.05, 0) is 35.7 Å². The maximum absolute atomic E-state index is 13.5. The van der Waals surface area contributed by atoms with E-state index in [1.165, 1.54) is 18.5 Å². The maximum Gasteiger partial charge on any atom is 0.137 e. The van der Waals surface area contributed by atoms with Gasteiger partial charge in [-0.3, -0.25) is 0 Å². The van der Waals surface area contributed by atoms with Crippen LogP contribution in [-0.2, 0) is 17.9 Å². The topological polar surface area (TPSA) is 47.0 Å². The first-order valence-electron chi connectivity index (χ1n) is 8.06. The summed E-state index contributed by atoms with van der Waals surface area (Å²) in [5.74, 6) is 0.331. The summed E-state index contributed by atoms with van der Waals surface area (Å²) in [6, 6.07) is 12.6. The van der Waals surface area contributed by atoms with Gasteiger partial charge in [-0.2, -0.15) is 0 Å². The van der Waals surface area contributed by atoms with Crippen molar-refractivity contribution in [3.05, 3.63) is 65.7 Å². The molecule has 24 heavy (non-hydrogen) atoms. The summed E-state index contributed by atoms with van der Waals surface area (Å²) in [4.78, 5) is 8.42. The Morgan fingerprint density at radius 3 is 2.75 bits per heavy atom. The first-order valence-corrected chi connectivity index (χ1v) is 8.06. The molecule has 1 aromatic heterocycles. The number of nitrogens with zero attached hydrogens (tertiary/aromatic N) is 2. The van der Waals surface area contributed by atoms with Crippen molar-refractivity contribution in [2.24, 2.45) is 0 Å². The molecule has 0 saturated heterocycles. The summed E-state index contributed by atoms with van der Waals surface area (Å²) in [6.07, 6.45) is 2.48. The highest BCUT2D eigenvalue weighted by atomic mass is 19.1. The fraction of sp³-hybridized carbons (Fsp3) is 0.263. The Morgan fingerprint density at radius 2 is 1.92 bits per heavy atom. The minimum Gasteiger partial charge on any atom is -0.377 e. The van der Waals surface area contributed by atoms with Gasteiger partial charge in [0.2, 0.25) is 0 Å². The zero-order valence-electron chi connectivity index (χ0n) is 13.6. The Morgan fingerprint density at radius 1 is 1.08 bits per heavy atom. The van der Waals surface area contributed by atoms with Gasteiger partial charge in [0.1, 0.15) is 18.0 Å². The lowest BCUT2D eigenvalue weighted by molar-refractivity contribution is 0.121. The lowest BCUT2D eigenvalue weighted by Gasteiger charge is -2.12. The van der Waals surface area contributed by atoms with E-state index in [0.29, 0.717) is 29.9 Å². The Labute approximate surface area is 140 Å². The average Bonchev–Trinajstić information content (AvgIpc) is 2.61. The van der Waals surface area contributed by atoms with Gasteiger partial charge >= 0.3 is 0 Å². The van der Waals surface area contributed by atoms with E-state index < -0.39 is 0 Å². The summed E-state index contributed by atoms with van der Waals surface area (Å²) in [5.41, 5.74) is 2.99. The van der Waals surface area contributed by atoms with Crippen molar-refractivity contribution in [3.8, 4) is 0 Å². The Hall–Kier alpha value is -2.53. The van der Waals surface area contributed by atoms with Crippen molar-refractivity contribution in [2.45, 2.75) is 26.5 Å². The molecule has 124 valence electrons. The van der Waals surface area contributed by atoms with E-state index in [1.54, 1.807) is 6.07 Å². The molecule has 0 spiro atoms. The highest BCUT2D eigenvalue weighted by Crippen LogP contribution is 2.21. The third-order valence-corrected chi connectivity index (χ3v) is 3.77. The van der Waals surface area contributed by atoms with Crippen molar-refractivity contribution >= 4 is 16.7 Å². The van der Waals surface area contributed by atoms with Gasteiger partial charge in [-0.1, -0.05) is 31.2 Å². The lowest BCUT2D eigenvalue weighted by atomic mass is 10.1. The van der Waals surface area contributed by atoms with Crippen LogP contribution in [0.4, 0.5) is 10.2 Å². The molecule has 1 N–H and O–H groups in total. The molecule has 0 radical (unpaired) electrons. The van der Waals surface area contributed by atoms with E-state index in [-0.39, 0.29) is 5.82 Å². The zero-order chi connectivity index (χ0) is 16.8. The average molecular weight is 325 g/mol. The Bertz CT molecular complexity index is 823. The molecule has 5 heteroatoms. The third kappa shape index (κ3) is 3.86. The van der Waals surface area contributed by atoms with Gasteiger partial charge in [-0.15, -0.1) is 0 Å². The van der Waals surface area contributed by atoms with Crippen molar-refractivity contribution < 1.29 is 9.13 Å². The smallest absolute Gasteiger partial charge is 0.137 e. The number of rotatable bonds is 7. The molecular formula is C19H20FN3O. The van der Waals surface area contributed by atoms with Crippen molar-refractivity contribution in [2.75, 3.05) is 11.9 Å². The molecule has 0 atom stereocenters. The molecule has 0 bridgehead atoms. The first kappa shape index (κ1) is 16.3. The Balaban J connectivity index is 1.78. The van der Waals surface area contributed by atoms with E-state index >= 15 is 0 Å². The molecule has 0 amide bonds. The van der Waals surface area contributed by atoms with Crippen molar-refractivity contribution in [1.29, 1.82) is 0 Å². The van der Waals surface area contributed by atoms with Crippen LogP contribution in [-0.4, -0.2) is 16.6 Å². The number of halogens is 1. The van der Waals surface area contributed by atoms with E-state index in [1.807, 2.05) is 12.1 Å². The second-order valence-electron chi connectivity index (χ2n) is 5.56. The second-order valence-corrected chi connectivity index (χ2v) is 5.56. The number of ether oxygens (including phenoxy) is 1. The molecule has 1 heterocycles. The van der Waals surface area contributed by atoms with Gasteiger partial charge in [0.05, 0.1) is 12.1 Å². The SMILES string of the molecule is CCCOCc1ccccc1CNc1ncnc2ccc(F)cc12. The van der Waals surface area contributed by atoms with Crippen LogP contribution in [0.25, 0.3) is 10.9 Å². The van der Waals surface area contributed by atoms with Crippen LogP contribution in [0.15, 0.2) is 48.8 Å². The number of benzene rings is 2. The molecule has 4 nitrogen and oxygen atoms in total. The Kier molecular flexibility index (Phi) is 5.33. The van der Waals surface area contributed by atoms with Gasteiger partial charge in [0.15, 0.2) is 0 Å². The molecule has 0 unspecified atom stereocenters. The highest BCUT2D eigenvalue weighted by Gasteiger charge is 2.07. The molecule has 0 fully saturated rings. The fourth-order valence-corrected chi connectivity index (χ4v) is 2.55. The molecular weight excluding hydrogens is 305 g/mol. The molecule has 3 rings (SSSR count). The predicted molar refractivity (Wildman–Crippen MR) is 93.2 cm³/mol. The van der Waals surface area contributed by atoms with Gasteiger partial charge in [0, 0.05) is 18.5 Å². The van der Waals surface area contributed by atoms with Crippen LogP contribution in [0.3, 0.4) is 0 Å². The van der Waals surface area contributed by atoms with Crippen LogP contribution in [0, 0.1) is 5.82 Å². The van der Waals surface area contributed by atoms with Crippen molar-refractivity contribution in [3.63, 3.8) is 0 Å². The third-order valence-electron chi connectivity index (χ3n) is 3.77. The molecule has 0 saturated carbocycles. The number of hydrogen-bond donors (Lipinski definition) is 1. The summed E-state index contributed by atoms with van der Waals surface area (Å²) < 4.78 is 19.2. The minimum atomic E-state index is -0.297. The highest BCUT2D eigenvalue weighted by molar-refractivity contribution is 5.88. The summed E-state index contributed by atoms with van der Waals surface area (Å²) >= 11 is 0. The molecule has 0 aliphatic rings. The minimum absolute atomic E-state index is 0.297. The predicted octanol–water partition coefficient (Wildman–Crippen LogP) is 4.31. The van der Waals surface area contributed by atoms with E-state index in [0.717, 1.165) is 24.2 Å². The number of nitrogens with one attached hydrogen (secondary N) is 1. The maximum atomic E-state index is 13.5. The molecule has 2 aromatic carbocycles. The fourth-order valence-electron chi connectivity index (χ4n) is 2.55. The number of hydrogen-bond acceptors (Lipinski definition) is 4. The van der Waals surface area contributed by atoms with E-state index in [2.05, 4.69) is 34.3 Å². The van der Waals surface area contributed by atoms with E-state index in [4.69, 9.17) is 4.74 Å². The van der Waals surface area contributed by atoms with Crippen LogP contribution in [0.1, 0.15) is 24.5 Å². The quantitative estimate of drug-likeness (QED) is 0.658. The van der Waals surface area contributed by atoms with Gasteiger partial charge in [-0.25, -0.2) is 14.4 Å². The van der Waals surface area contributed by atoms with Gasteiger partial charge in [0.25, 0.3) is 0 Å². The number of anilines is 1. The van der Waals surface area contributed by atoms with Crippen LogP contribution < -0.4 is 5.32 Å². The second kappa shape index (κ2) is 7.84. The standard InChI is InChI=1S/C19H20FN3O/c1-2-9-24-12-15-6-4-3-5-14(15)11-21-19-17-10-16(20)7-8-18(17)22-13-23-19/h3-8,10,13H,2,9,11-12H2,1H3,(H,21,22,23). The lowest BCUT2D eigenvalue weighted by Crippen LogP contribution is -2.06. The monoisotopic (exact) mass is 325 g/mol. The van der Waals surface area contributed by atoms with Crippen LogP contribution in [0.2, 0.25) is 0 Å². The van der Waals surface area contributed by atoms with Crippen molar-refractivity contribution in [1.82, 2.24) is 9.97 Å². The summed E-state index contributed by atoms with van der Waals surface area (Å²) in [7, 11) is 0. The summed E-state index contributed by atoms with van der Waals surface area (Å²) in [6.45, 7) is 4.02. The number of fused-ring (bicyclic) bond motifs is 1. The zero-order valence-corrected chi connectivity index (χ0v) is 13.6. The van der Waals surface area contributed by atoms with Crippen LogP contribution >= 0.6 is 0 Å². The summed E-state index contributed by atoms with van der Waals surface area (Å²) in [5, 5.41) is 3.97. The normalized spacial score (nSPS) is 10.9. The molecule has 0 aliphatic carbocycles. The number of aromatic nitrogens is 2. The van der Waals surface area contributed by atoms with Gasteiger partial charge < -0.3 is 10.1 Å².